The monoisotopic (exact) mass is 160 g/mol. The maximum atomic E-state index is 3.96. The topological polar surface area (TPSA) is 24.9 Å². The van der Waals surface area contributed by atoms with Crippen LogP contribution in [0.4, 0.5) is 0 Å². The van der Waals surface area contributed by atoms with Gasteiger partial charge in [-0.3, -0.25) is 4.98 Å². The molecule has 0 amide bonds. The first kappa shape index (κ1) is 7.50. The van der Waals surface area contributed by atoms with Gasteiger partial charge in [-0.05, 0) is 17.7 Å². The minimum atomic E-state index is 0.734. The van der Waals surface area contributed by atoms with Gasteiger partial charge in [0, 0.05) is 31.4 Å². The van der Waals surface area contributed by atoms with E-state index >= 15 is 0 Å². The molecule has 0 unspecified atom stereocenters. The van der Waals surface area contributed by atoms with Crippen LogP contribution in [0.2, 0.25) is 0 Å². The van der Waals surface area contributed by atoms with E-state index in [1.54, 1.807) is 0 Å². The number of pyridine rings is 1. The van der Waals surface area contributed by atoms with Gasteiger partial charge in [-0.25, -0.2) is 0 Å². The number of hydrogen-bond donors (Lipinski definition) is 1. The fraction of sp³-hybridized carbons (Fsp3) is 0.300. The predicted octanol–water partition coefficient (Wildman–Crippen LogP) is 1.31. The fourth-order valence-corrected chi connectivity index (χ4v) is 1.17. The predicted molar refractivity (Wildman–Crippen MR) is 49.6 cm³/mol. The first-order valence-electron chi connectivity index (χ1n) is 4.24. The summed E-state index contributed by atoms with van der Waals surface area (Å²) >= 11 is 0. The van der Waals surface area contributed by atoms with E-state index in [2.05, 4.69) is 22.5 Å². The Morgan fingerprint density at radius 3 is 2.67 bits per heavy atom. The van der Waals surface area contributed by atoms with Crippen LogP contribution in [0.1, 0.15) is 5.56 Å². The van der Waals surface area contributed by atoms with Crippen LogP contribution in [0, 0.1) is 5.92 Å². The molecule has 2 rings (SSSR count). The molecule has 1 aromatic heterocycles. The maximum Gasteiger partial charge on any atom is 0.0273 e. The fourth-order valence-electron chi connectivity index (χ4n) is 1.17. The van der Waals surface area contributed by atoms with Gasteiger partial charge in [0.25, 0.3) is 0 Å². The summed E-state index contributed by atoms with van der Waals surface area (Å²) in [6, 6.07) is 4.03. The zero-order valence-electron chi connectivity index (χ0n) is 6.90. The van der Waals surface area contributed by atoms with E-state index in [0.29, 0.717) is 0 Å². The molecule has 62 valence electrons. The summed E-state index contributed by atoms with van der Waals surface area (Å²) in [5, 5.41) is 3.23. The van der Waals surface area contributed by atoms with E-state index in [0.717, 1.165) is 19.0 Å². The lowest BCUT2D eigenvalue weighted by atomic mass is 10.0. The van der Waals surface area contributed by atoms with Crippen LogP contribution in [0.15, 0.2) is 30.6 Å². The van der Waals surface area contributed by atoms with Crippen molar-refractivity contribution in [3.05, 3.63) is 36.2 Å². The molecule has 1 aliphatic heterocycles. The third kappa shape index (κ3) is 1.71. The Balaban J connectivity index is 1.98. The van der Waals surface area contributed by atoms with Gasteiger partial charge < -0.3 is 5.32 Å². The van der Waals surface area contributed by atoms with Crippen molar-refractivity contribution in [3.8, 4) is 0 Å². The van der Waals surface area contributed by atoms with Crippen molar-refractivity contribution < 1.29 is 0 Å². The average Bonchev–Trinajstić information content (AvgIpc) is 2.04. The highest BCUT2D eigenvalue weighted by Gasteiger charge is 2.11. The van der Waals surface area contributed by atoms with E-state index in [1.165, 1.54) is 5.56 Å². The molecule has 2 heterocycles. The van der Waals surface area contributed by atoms with E-state index in [4.69, 9.17) is 0 Å². The Labute approximate surface area is 72.3 Å². The van der Waals surface area contributed by atoms with Crippen molar-refractivity contribution in [3.63, 3.8) is 0 Å². The molecule has 0 radical (unpaired) electrons. The summed E-state index contributed by atoms with van der Waals surface area (Å²) in [6.07, 6.45) is 8.05. The molecule has 0 saturated carbocycles. The molecule has 12 heavy (non-hydrogen) atoms. The Bertz CT molecular complexity index is 262. The molecule has 0 bridgehead atoms. The number of nitrogens with zero attached hydrogens (tertiary/aromatic N) is 1. The van der Waals surface area contributed by atoms with E-state index in [-0.39, 0.29) is 0 Å². The molecule has 1 saturated heterocycles. The van der Waals surface area contributed by atoms with Gasteiger partial charge >= 0.3 is 0 Å². The van der Waals surface area contributed by atoms with Gasteiger partial charge in [-0.15, -0.1) is 0 Å². The Morgan fingerprint density at radius 2 is 2.08 bits per heavy atom. The highest BCUT2D eigenvalue weighted by molar-refractivity contribution is 5.48. The molecule has 0 aliphatic carbocycles. The number of aromatic nitrogens is 1. The normalized spacial score (nSPS) is 18.0. The second-order valence-corrected chi connectivity index (χ2v) is 3.06. The summed E-state index contributed by atoms with van der Waals surface area (Å²) in [6.45, 7) is 2.25. The smallest absolute Gasteiger partial charge is 0.0273 e. The zero-order chi connectivity index (χ0) is 8.23. The summed E-state index contributed by atoms with van der Waals surface area (Å²) in [7, 11) is 0. The Hall–Kier alpha value is -1.15. The Kier molecular flexibility index (Phi) is 2.19. The molecule has 1 N–H and O–H groups in total. The molecule has 2 heteroatoms. The van der Waals surface area contributed by atoms with Crippen LogP contribution in [0.3, 0.4) is 0 Å². The lowest BCUT2D eigenvalue weighted by molar-refractivity contribution is 0.420. The van der Waals surface area contributed by atoms with Gasteiger partial charge in [0.1, 0.15) is 0 Å². The van der Waals surface area contributed by atoms with Crippen LogP contribution in [-0.2, 0) is 0 Å². The Morgan fingerprint density at radius 1 is 1.33 bits per heavy atom. The lowest BCUT2D eigenvalue weighted by Crippen LogP contribution is -2.40. The second kappa shape index (κ2) is 3.50. The van der Waals surface area contributed by atoms with Crippen molar-refractivity contribution in [1.82, 2.24) is 10.3 Å². The molecule has 1 aliphatic rings. The largest absolute Gasteiger partial charge is 0.315 e. The second-order valence-electron chi connectivity index (χ2n) is 3.06. The highest BCUT2D eigenvalue weighted by Crippen LogP contribution is 2.07. The maximum absolute atomic E-state index is 3.96. The van der Waals surface area contributed by atoms with Crippen LogP contribution < -0.4 is 5.32 Å². The molecule has 0 spiro atoms. The van der Waals surface area contributed by atoms with Gasteiger partial charge in [-0.1, -0.05) is 12.2 Å². The van der Waals surface area contributed by atoms with Crippen molar-refractivity contribution >= 4 is 6.08 Å². The SMILES string of the molecule is C(=C\C1CNC1)/c1ccncc1. The van der Waals surface area contributed by atoms with Gasteiger partial charge in [0.15, 0.2) is 0 Å². The van der Waals surface area contributed by atoms with Crippen LogP contribution >= 0.6 is 0 Å². The lowest BCUT2D eigenvalue weighted by Gasteiger charge is -2.23. The molecular formula is C10H12N2. The van der Waals surface area contributed by atoms with Crippen LogP contribution in [0.25, 0.3) is 6.08 Å². The zero-order valence-corrected chi connectivity index (χ0v) is 6.90. The highest BCUT2D eigenvalue weighted by atomic mass is 14.9. The molecule has 1 aromatic rings. The van der Waals surface area contributed by atoms with Gasteiger partial charge in [0.05, 0.1) is 0 Å². The third-order valence-corrected chi connectivity index (χ3v) is 2.08. The van der Waals surface area contributed by atoms with E-state index in [9.17, 15) is 0 Å². The van der Waals surface area contributed by atoms with E-state index in [1.807, 2.05) is 24.5 Å². The quantitative estimate of drug-likeness (QED) is 0.705. The summed E-state index contributed by atoms with van der Waals surface area (Å²) < 4.78 is 0. The van der Waals surface area contributed by atoms with Crippen molar-refractivity contribution in [2.75, 3.05) is 13.1 Å². The molecular weight excluding hydrogens is 148 g/mol. The minimum absolute atomic E-state index is 0.734. The summed E-state index contributed by atoms with van der Waals surface area (Å²) in [4.78, 5) is 3.96. The average molecular weight is 160 g/mol. The standard InChI is InChI=1S/C10H12N2/c1(2-10-7-12-8-10)9-3-5-11-6-4-9/h1-6,10,12H,7-8H2/b2-1+. The van der Waals surface area contributed by atoms with Crippen molar-refractivity contribution in [2.24, 2.45) is 5.92 Å². The first-order chi connectivity index (χ1) is 5.95. The van der Waals surface area contributed by atoms with Gasteiger partial charge in [0.2, 0.25) is 0 Å². The minimum Gasteiger partial charge on any atom is -0.315 e. The van der Waals surface area contributed by atoms with Gasteiger partial charge in [-0.2, -0.15) is 0 Å². The molecule has 2 nitrogen and oxygen atoms in total. The molecule has 0 atom stereocenters. The molecule has 0 aromatic carbocycles. The van der Waals surface area contributed by atoms with E-state index < -0.39 is 0 Å². The van der Waals surface area contributed by atoms with Crippen molar-refractivity contribution in [1.29, 1.82) is 0 Å². The summed E-state index contributed by atoms with van der Waals surface area (Å²) in [5.41, 5.74) is 1.23. The van der Waals surface area contributed by atoms with Crippen LogP contribution in [0.5, 0.6) is 0 Å². The van der Waals surface area contributed by atoms with Crippen LogP contribution in [-0.4, -0.2) is 18.1 Å². The van der Waals surface area contributed by atoms with Crippen molar-refractivity contribution in [2.45, 2.75) is 0 Å². The third-order valence-electron chi connectivity index (χ3n) is 2.08. The number of rotatable bonds is 2. The summed E-state index contributed by atoms with van der Waals surface area (Å²) in [5.74, 6) is 0.734. The molecule has 1 fully saturated rings. The first-order valence-corrected chi connectivity index (χ1v) is 4.24. The number of hydrogen-bond acceptors (Lipinski definition) is 2. The number of nitrogens with one attached hydrogen (secondary N) is 1.